The molecule has 2 aromatic rings. The summed E-state index contributed by atoms with van der Waals surface area (Å²) in [5.74, 6) is 0. The van der Waals surface area contributed by atoms with E-state index in [1.165, 1.54) is 12.1 Å². The van der Waals surface area contributed by atoms with Crippen molar-refractivity contribution in [1.82, 2.24) is 0 Å². The van der Waals surface area contributed by atoms with Gasteiger partial charge in [0.25, 0.3) is 0 Å². The Morgan fingerprint density at radius 3 is 2.28 bits per heavy atom. The molecule has 0 radical (unpaired) electrons. The first-order valence-corrected chi connectivity index (χ1v) is 9.45. The Kier molecular flexibility index (Phi) is 5.32. The molecule has 8 heteroatoms. The zero-order valence-corrected chi connectivity index (χ0v) is 15.4. The van der Waals surface area contributed by atoms with Gasteiger partial charge in [0.05, 0.1) is 4.92 Å². The van der Waals surface area contributed by atoms with Crippen molar-refractivity contribution in [2.24, 2.45) is 0 Å². The van der Waals surface area contributed by atoms with Crippen LogP contribution in [0.5, 0.6) is 0 Å². The van der Waals surface area contributed by atoms with Gasteiger partial charge in [0.2, 0.25) is 0 Å². The minimum Gasteiger partial charge on any atom is -0.378 e. The minimum atomic E-state index is -3.70. The fraction of sp³-hybridized carbons (Fsp3) is 0.294. The van der Waals surface area contributed by atoms with Crippen molar-refractivity contribution >= 4 is 26.9 Å². The summed E-state index contributed by atoms with van der Waals surface area (Å²) in [6, 6.07) is 12.1. The monoisotopic (exact) mass is 363 g/mol. The standard InChI is InChI=1S/C17H21N3O4S/c1-18(2)14-8-5-7-13(11-14)12-19(3)15-9-6-10-16(25(4,23)24)17(15)20(21)22/h5-11H,12H2,1-4H3. The van der Waals surface area contributed by atoms with E-state index in [0.29, 0.717) is 6.54 Å². The molecule has 0 aliphatic rings. The molecule has 2 rings (SSSR count). The first kappa shape index (κ1) is 18.7. The second kappa shape index (κ2) is 7.10. The van der Waals surface area contributed by atoms with Crippen molar-refractivity contribution in [2.45, 2.75) is 11.4 Å². The van der Waals surface area contributed by atoms with Crippen LogP contribution in [0.3, 0.4) is 0 Å². The highest BCUT2D eigenvalue weighted by atomic mass is 32.2. The molecule has 0 amide bonds. The quantitative estimate of drug-likeness (QED) is 0.580. The third-order valence-corrected chi connectivity index (χ3v) is 4.95. The maximum atomic E-state index is 11.9. The fourth-order valence-corrected chi connectivity index (χ4v) is 3.45. The number of hydrogen-bond donors (Lipinski definition) is 0. The zero-order valence-electron chi connectivity index (χ0n) is 14.6. The molecule has 0 aliphatic carbocycles. The highest BCUT2D eigenvalue weighted by Gasteiger charge is 2.27. The maximum Gasteiger partial charge on any atom is 0.311 e. The van der Waals surface area contributed by atoms with Crippen molar-refractivity contribution < 1.29 is 13.3 Å². The number of hydrogen-bond acceptors (Lipinski definition) is 6. The van der Waals surface area contributed by atoms with Crippen molar-refractivity contribution in [3.63, 3.8) is 0 Å². The topological polar surface area (TPSA) is 83.8 Å². The molecule has 7 nitrogen and oxygen atoms in total. The molecule has 0 spiro atoms. The Hall–Kier alpha value is -2.61. The van der Waals surface area contributed by atoms with Crippen LogP contribution in [0.1, 0.15) is 5.56 Å². The van der Waals surface area contributed by atoms with Crippen LogP contribution in [0.25, 0.3) is 0 Å². The largest absolute Gasteiger partial charge is 0.378 e. The Labute approximate surface area is 147 Å². The summed E-state index contributed by atoms with van der Waals surface area (Å²) in [5, 5.41) is 11.5. The lowest BCUT2D eigenvalue weighted by Gasteiger charge is -2.21. The fourth-order valence-electron chi connectivity index (χ4n) is 2.59. The van der Waals surface area contributed by atoms with Crippen LogP contribution < -0.4 is 9.80 Å². The van der Waals surface area contributed by atoms with Crippen molar-refractivity contribution in [3.8, 4) is 0 Å². The van der Waals surface area contributed by atoms with Gasteiger partial charge in [-0.2, -0.15) is 0 Å². The zero-order chi connectivity index (χ0) is 18.8. The molecule has 134 valence electrons. The molecule has 0 atom stereocenters. The minimum absolute atomic E-state index is 0.267. The number of sulfone groups is 1. The average Bonchev–Trinajstić information content (AvgIpc) is 2.53. The molecule has 2 aromatic carbocycles. The van der Waals surface area contributed by atoms with Gasteiger partial charge >= 0.3 is 5.69 Å². The number of anilines is 2. The Morgan fingerprint density at radius 2 is 1.72 bits per heavy atom. The summed E-state index contributed by atoms with van der Waals surface area (Å²) in [7, 11) is 1.87. The lowest BCUT2D eigenvalue weighted by atomic mass is 10.1. The first-order chi connectivity index (χ1) is 11.6. The van der Waals surface area contributed by atoms with Gasteiger partial charge in [0.1, 0.15) is 10.6 Å². The van der Waals surface area contributed by atoms with Gasteiger partial charge in [-0.25, -0.2) is 8.42 Å². The van der Waals surface area contributed by atoms with Crippen LogP contribution in [0, 0.1) is 10.1 Å². The molecule has 0 fully saturated rings. The third kappa shape index (κ3) is 4.27. The molecule has 0 N–H and O–H groups in total. The maximum absolute atomic E-state index is 11.9. The van der Waals surface area contributed by atoms with E-state index in [4.69, 9.17) is 0 Å². The Balaban J connectivity index is 2.45. The lowest BCUT2D eigenvalue weighted by molar-refractivity contribution is -0.387. The van der Waals surface area contributed by atoms with Gasteiger partial charge in [-0.1, -0.05) is 18.2 Å². The van der Waals surface area contributed by atoms with Crippen LogP contribution in [-0.2, 0) is 16.4 Å². The summed E-state index contributed by atoms with van der Waals surface area (Å²) in [4.78, 5) is 14.2. The summed E-state index contributed by atoms with van der Waals surface area (Å²) in [6.45, 7) is 0.412. The van der Waals surface area contributed by atoms with Crippen LogP contribution in [0.15, 0.2) is 47.4 Å². The number of nitro benzene ring substituents is 1. The molecule has 0 aromatic heterocycles. The molecule has 0 unspecified atom stereocenters. The summed E-state index contributed by atoms with van der Waals surface area (Å²) in [6.07, 6.45) is 0.972. The smallest absolute Gasteiger partial charge is 0.311 e. The van der Waals surface area contributed by atoms with Gasteiger partial charge in [0, 0.05) is 39.6 Å². The highest BCUT2D eigenvalue weighted by molar-refractivity contribution is 7.90. The van der Waals surface area contributed by atoms with Gasteiger partial charge in [-0.05, 0) is 29.8 Å². The van der Waals surface area contributed by atoms with E-state index in [1.54, 1.807) is 18.0 Å². The van der Waals surface area contributed by atoms with Crippen molar-refractivity contribution in [1.29, 1.82) is 0 Å². The van der Waals surface area contributed by atoms with Gasteiger partial charge < -0.3 is 9.80 Å². The van der Waals surface area contributed by atoms with Crippen molar-refractivity contribution in [2.75, 3.05) is 37.2 Å². The Morgan fingerprint density at radius 1 is 1.08 bits per heavy atom. The number of nitro groups is 1. The molecule has 0 bridgehead atoms. The first-order valence-electron chi connectivity index (χ1n) is 7.56. The van der Waals surface area contributed by atoms with Crippen LogP contribution in [-0.4, -0.2) is 40.7 Å². The summed E-state index contributed by atoms with van der Waals surface area (Å²) in [5.41, 5.74) is 1.86. The molecule has 0 aliphatic heterocycles. The van der Waals surface area contributed by atoms with Gasteiger partial charge in [-0.15, -0.1) is 0 Å². The van der Waals surface area contributed by atoms with Crippen LogP contribution in [0.2, 0.25) is 0 Å². The number of benzene rings is 2. The molecule has 0 saturated carbocycles. The van der Waals surface area contributed by atoms with Crippen LogP contribution in [0.4, 0.5) is 17.1 Å². The van der Waals surface area contributed by atoms with Gasteiger partial charge in [-0.3, -0.25) is 10.1 Å². The van der Waals surface area contributed by atoms with Gasteiger partial charge in [0.15, 0.2) is 9.84 Å². The SMILES string of the molecule is CN(C)c1cccc(CN(C)c2cccc(S(C)(=O)=O)c2[N+](=O)[O-])c1. The van der Waals surface area contributed by atoms with Crippen molar-refractivity contribution in [3.05, 3.63) is 58.1 Å². The summed E-state index contributed by atoms with van der Waals surface area (Å²) < 4.78 is 23.8. The average molecular weight is 363 g/mol. The number of nitrogens with zero attached hydrogens (tertiary/aromatic N) is 3. The van der Waals surface area contributed by atoms with E-state index in [2.05, 4.69) is 0 Å². The predicted octanol–water partition coefficient (Wildman–Crippen LogP) is 2.70. The third-order valence-electron chi connectivity index (χ3n) is 3.82. The number of para-hydroxylation sites is 1. The lowest BCUT2D eigenvalue weighted by Crippen LogP contribution is -2.19. The Bertz CT molecular complexity index is 895. The number of rotatable bonds is 6. The van der Waals surface area contributed by atoms with E-state index in [1.807, 2.05) is 43.3 Å². The molecule has 25 heavy (non-hydrogen) atoms. The van der Waals surface area contributed by atoms with Crippen LogP contribution >= 0.6 is 0 Å². The molecule has 0 saturated heterocycles. The predicted molar refractivity (Wildman–Crippen MR) is 99.1 cm³/mol. The van der Waals surface area contributed by atoms with E-state index < -0.39 is 20.4 Å². The van der Waals surface area contributed by atoms with E-state index >= 15 is 0 Å². The van der Waals surface area contributed by atoms with E-state index in [9.17, 15) is 18.5 Å². The molecule has 0 heterocycles. The second-order valence-electron chi connectivity index (χ2n) is 6.07. The summed E-state index contributed by atoms with van der Waals surface area (Å²) >= 11 is 0. The molecular formula is C17H21N3O4S. The normalized spacial score (nSPS) is 11.2. The highest BCUT2D eigenvalue weighted by Crippen LogP contribution is 2.34. The van der Waals surface area contributed by atoms with E-state index in [0.717, 1.165) is 17.5 Å². The second-order valence-corrected chi connectivity index (χ2v) is 8.06. The molecular weight excluding hydrogens is 342 g/mol. The van der Waals surface area contributed by atoms with E-state index in [-0.39, 0.29) is 10.6 Å².